The molecule has 0 spiro atoms. The Morgan fingerprint density at radius 2 is 1.46 bits per heavy atom. The molecule has 0 unspecified atom stereocenters. The number of carbonyl (C=O) groups excluding carboxylic acids is 1. The van der Waals surface area contributed by atoms with Crippen LogP contribution < -0.4 is 4.74 Å². The average Bonchev–Trinajstić information content (AvgIpc) is 3.22. The first-order chi connectivity index (χ1) is 19.0. The Morgan fingerprint density at radius 1 is 0.846 bits per heavy atom. The Morgan fingerprint density at radius 3 is 2.10 bits per heavy atom. The zero-order valence-corrected chi connectivity index (χ0v) is 25.4. The molecule has 1 saturated heterocycles. The number of amidine groups is 1. The van der Waals surface area contributed by atoms with Gasteiger partial charge >= 0.3 is 0 Å². The van der Waals surface area contributed by atoms with Crippen molar-refractivity contribution < 1.29 is 9.53 Å². The van der Waals surface area contributed by atoms with Gasteiger partial charge in [-0.25, -0.2) is 0 Å². The Labute approximate surface area is 254 Å². The first-order valence-electron chi connectivity index (χ1n) is 12.2. The third-order valence-electron chi connectivity index (χ3n) is 5.93. The van der Waals surface area contributed by atoms with Crippen LogP contribution in [-0.2, 0) is 24.5 Å². The van der Waals surface area contributed by atoms with E-state index in [1.54, 1.807) is 4.90 Å². The summed E-state index contributed by atoms with van der Waals surface area (Å²) in [5, 5.41) is 1.38. The number of amides is 1. The number of nitrogens with zero attached hydrogens (tertiary/aromatic N) is 2. The van der Waals surface area contributed by atoms with E-state index in [0.717, 1.165) is 31.2 Å². The van der Waals surface area contributed by atoms with E-state index in [2.05, 4.69) is 31.9 Å². The Bertz CT molecular complexity index is 1500. The van der Waals surface area contributed by atoms with E-state index in [-0.39, 0.29) is 5.91 Å². The number of ether oxygens (including phenoxy) is 1. The van der Waals surface area contributed by atoms with E-state index in [4.69, 9.17) is 21.3 Å². The molecule has 4 aromatic rings. The number of hydrogen-bond acceptors (Lipinski definition) is 4. The fourth-order valence-electron chi connectivity index (χ4n) is 3.96. The molecule has 0 atom stereocenters. The molecule has 4 nitrogen and oxygen atoms in total. The van der Waals surface area contributed by atoms with Gasteiger partial charge in [0.1, 0.15) is 12.4 Å². The fraction of sp³-hybridized carbons (Fsp3) is 0.0968. The van der Waals surface area contributed by atoms with Crippen molar-refractivity contribution >= 4 is 72.4 Å². The van der Waals surface area contributed by atoms with Gasteiger partial charge in [-0.3, -0.25) is 14.7 Å². The summed E-state index contributed by atoms with van der Waals surface area (Å²) < 4.78 is 7.63. The van der Waals surface area contributed by atoms with Crippen molar-refractivity contribution in [3.63, 3.8) is 0 Å². The fourth-order valence-corrected chi connectivity index (χ4v) is 6.51. The highest BCUT2D eigenvalue weighted by Crippen LogP contribution is 2.38. The molecule has 1 heterocycles. The Hall–Kier alpha value is -2.84. The van der Waals surface area contributed by atoms with Crippen LogP contribution in [0.25, 0.3) is 6.08 Å². The second-order valence-electron chi connectivity index (χ2n) is 8.80. The average molecular weight is 683 g/mol. The molecule has 0 bridgehead atoms. The SMILES string of the molecule is O=C1/C(=C\c2cc(Br)c(OCc3ccc(Cl)cc3)c(Br)c2)SC(=NCc2ccccc2)N1Cc1ccccc1. The van der Waals surface area contributed by atoms with Crippen molar-refractivity contribution in [2.75, 3.05) is 0 Å². The van der Waals surface area contributed by atoms with Gasteiger partial charge in [-0.2, -0.15) is 0 Å². The maximum atomic E-state index is 13.6. The number of aliphatic imine (C=N–C) groups is 1. The molecule has 4 aromatic carbocycles. The molecule has 0 radical (unpaired) electrons. The highest BCUT2D eigenvalue weighted by atomic mass is 79.9. The molecule has 0 N–H and O–H groups in total. The summed E-state index contributed by atoms with van der Waals surface area (Å²) in [6.45, 7) is 1.37. The molecule has 8 heteroatoms. The predicted molar refractivity (Wildman–Crippen MR) is 168 cm³/mol. The summed E-state index contributed by atoms with van der Waals surface area (Å²) in [5.74, 6) is 0.624. The third-order valence-corrected chi connectivity index (χ3v) is 8.40. The van der Waals surface area contributed by atoms with Crippen molar-refractivity contribution in [2.45, 2.75) is 19.7 Å². The smallest absolute Gasteiger partial charge is 0.267 e. The summed E-state index contributed by atoms with van der Waals surface area (Å²) in [4.78, 5) is 20.7. The van der Waals surface area contributed by atoms with Crippen molar-refractivity contribution in [3.8, 4) is 5.75 Å². The second-order valence-corrected chi connectivity index (χ2v) is 12.0. The molecule has 0 aliphatic carbocycles. The van der Waals surface area contributed by atoms with Crippen molar-refractivity contribution in [3.05, 3.63) is 138 Å². The van der Waals surface area contributed by atoms with E-state index in [1.165, 1.54) is 11.8 Å². The molecular weight excluding hydrogens is 660 g/mol. The van der Waals surface area contributed by atoms with Crippen LogP contribution in [0.5, 0.6) is 5.75 Å². The number of rotatable bonds is 8. The molecule has 1 amide bonds. The van der Waals surface area contributed by atoms with Crippen LogP contribution in [-0.4, -0.2) is 16.0 Å². The highest BCUT2D eigenvalue weighted by Gasteiger charge is 2.33. The number of carbonyl (C=O) groups is 1. The second kappa shape index (κ2) is 13.0. The minimum Gasteiger partial charge on any atom is -0.487 e. The topological polar surface area (TPSA) is 41.9 Å². The maximum absolute atomic E-state index is 13.6. The first-order valence-corrected chi connectivity index (χ1v) is 14.9. The van der Waals surface area contributed by atoms with Crippen molar-refractivity contribution in [1.82, 2.24) is 4.90 Å². The van der Waals surface area contributed by atoms with E-state index >= 15 is 0 Å². The van der Waals surface area contributed by atoms with Crippen LogP contribution in [0.15, 0.2) is 116 Å². The molecule has 0 saturated carbocycles. The van der Waals surface area contributed by atoms with E-state index in [0.29, 0.717) is 40.5 Å². The zero-order valence-electron chi connectivity index (χ0n) is 20.7. The predicted octanol–water partition coefficient (Wildman–Crippen LogP) is 9.12. The molecule has 1 aliphatic rings. The van der Waals surface area contributed by atoms with E-state index in [9.17, 15) is 4.79 Å². The van der Waals surface area contributed by atoms with Crippen LogP contribution >= 0.6 is 55.2 Å². The lowest BCUT2D eigenvalue weighted by Gasteiger charge is -2.15. The molecule has 196 valence electrons. The van der Waals surface area contributed by atoms with Gasteiger partial charge in [-0.05, 0) is 96.2 Å². The quantitative estimate of drug-likeness (QED) is 0.174. The van der Waals surface area contributed by atoms with Gasteiger partial charge in [0, 0.05) is 5.02 Å². The number of benzene rings is 4. The zero-order chi connectivity index (χ0) is 27.2. The van der Waals surface area contributed by atoms with Crippen molar-refractivity contribution in [2.24, 2.45) is 4.99 Å². The van der Waals surface area contributed by atoms with Gasteiger partial charge in [0.15, 0.2) is 5.17 Å². The van der Waals surface area contributed by atoms with E-state index < -0.39 is 0 Å². The molecular formula is C31H23Br2ClN2O2S. The molecule has 1 aliphatic heterocycles. The van der Waals surface area contributed by atoms with Crippen LogP contribution in [0.1, 0.15) is 22.3 Å². The van der Waals surface area contributed by atoms with Gasteiger partial charge in [-0.15, -0.1) is 0 Å². The monoisotopic (exact) mass is 680 g/mol. The molecule has 0 aromatic heterocycles. The van der Waals surface area contributed by atoms with Gasteiger partial charge < -0.3 is 4.74 Å². The normalized spacial score (nSPS) is 15.4. The van der Waals surface area contributed by atoms with Crippen LogP contribution in [0.3, 0.4) is 0 Å². The summed E-state index contributed by atoms with van der Waals surface area (Å²) in [6.07, 6.45) is 1.90. The maximum Gasteiger partial charge on any atom is 0.267 e. The van der Waals surface area contributed by atoms with Crippen LogP contribution in [0.4, 0.5) is 0 Å². The van der Waals surface area contributed by atoms with E-state index in [1.807, 2.05) is 103 Å². The minimum atomic E-state index is -0.0639. The Balaban J connectivity index is 1.38. The molecule has 1 fully saturated rings. The summed E-state index contributed by atoms with van der Waals surface area (Å²) in [7, 11) is 0. The summed E-state index contributed by atoms with van der Waals surface area (Å²) in [6, 6.07) is 31.5. The highest BCUT2D eigenvalue weighted by molar-refractivity contribution is 9.11. The lowest BCUT2D eigenvalue weighted by molar-refractivity contribution is -0.122. The lowest BCUT2D eigenvalue weighted by atomic mass is 10.2. The van der Waals surface area contributed by atoms with Gasteiger partial charge in [0.25, 0.3) is 5.91 Å². The minimum absolute atomic E-state index is 0.0639. The van der Waals surface area contributed by atoms with Crippen molar-refractivity contribution in [1.29, 1.82) is 0 Å². The largest absolute Gasteiger partial charge is 0.487 e. The molecule has 5 rings (SSSR count). The summed E-state index contributed by atoms with van der Waals surface area (Å²) in [5.41, 5.74) is 4.02. The third kappa shape index (κ3) is 7.22. The first kappa shape index (κ1) is 27.7. The van der Waals surface area contributed by atoms with Crippen LogP contribution in [0.2, 0.25) is 5.02 Å². The number of halogens is 3. The van der Waals surface area contributed by atoms with Gasteiger partial charge in [-0.1, -0.05) is 84.4 Å². The Kier molecular flexibility index (Phi) is 9.24. The lowest BCUT2D eigenvalue weighted by Crippen LogP contribution is -2.28. The summed E-state index contributed by atoms with van der Waals surface area (Å²) >= 11 is 14.7. The van der Waals surface area contributed by atoms with Gasteiger partial charge in [0.05, 0.1) is 26.9 Å². The van der Waals surface area contributed by atoms with Crippen LogP contribution in [0, 0.1) is 0 Å². The molecule has 39 heavy (non-hydrogen) atoms. The number of thioether (sulfide) groups is 1. The van der Waals surface area contributed by atoms with Gasteiger partial charge in [0.2, 0.25) is 0 Å². The number of hydrogen-bond donors (Lipinski definition) is 0. The standard InChI is InChI=1S/C31H23Br2ClN2O2S/c32-26-15-24(16-27(33)29(26)38-20-23-11-13-25(34)14-12-23)17-28-30(37)36(19-22-9-5-2-6-10-22)31(39-28)35-18-21-7-3-1-4-8-21/h1-17H,18-20H2/b28-17+,35-31?.